The molecule has 1 aliphatic rings. The van der Waals surface area contributed by atoms with Gasteiger partial charge in [-0.3, -0.25) is 19.2 Å². The molecule has 1 saturated heterocycles. The zero-order chi connectivity index (χ0) is 20.6. The van der Waals surface area contributed by atoms with Crippen molar-refractivity contribution < 1.29 is 42.9 Å². The largest absolute Gasteiger partial charge is 0.463 e. The second kappa shape index (κ2) is 11.4. The van der Waals surface area contributed by atoms with Gasteiger partial charge in [-0.2, -0.15) is 0 Å². The lowest BCUT2D eigenvalue weighted by Gasteiger charge is -2.43. The Bertz CT molecular complexity index is 554. The molecule has 5 atom stereocenters. The van der Waals surface area contributed by atoms with E-state index in [2.05, 4.69) is 0 Å². The molecule has 0 aromatic carbocycles. The van der Waals surface area contributed by atoms with Gasteiger partial charge in [0, 0.05) is 33.4 Å². The van der Waals surface area contributed by atoms with Gasteiger partial charge in [0.2, 0.25) is 0 Å². The van der Waals surface area contributed by atoms with Crippen LogP contribution in [-0.2, 0) is 42.9 Å². The summed E-state index contributed by atoms with van der Waals surface area (Å²) in [6, 6.07) is 0. The van der Waals surface area contributed by atoms with Gasteiger partial charge in [0.05, 0.1) is 0 Å². The number of rotatable bonds is 8. The van der Waals surface area contributed by atoms with Gasteiger partial charge in [0.25, 0.3) is 0 Å². The predicted molar refractivity (Wildman–Crippen MR) is 97.7 cm³/mol. The summed E-state index contributed by atoms with van der Waals surface area (Å²) < 4.78 is 26.8. The molecule has 0 radical (unpaired) electrons. The molecular weight excluding hydrogens is 400 g/mol. The van der Waals surface area contributed by atoms with Gasteiger partial charge in [-0.1, -0.05) is 28.5 Å². The highest BCUT2D eigenvalue weighted by molar-refractivity contribution is 8.76. The third-order valence-corrected chi connectivity index (χ3v) is 5.85. The Balaban J connectivity index is 3.22. The number of hydrogen-bond acceptors (Lipinski definition) is 11. The Kier molecular flexibility index (Phi) is 9.95. The maximum absolute atomic E-state index is 11.6. The van der Waals surface area contributed by atoms with Crippen LogP contribution in [0.25, 0.3) is 0 Å². The van der Waals surface area contributed by atoms with Crippen LogP contribution in [-0.4, -0.2) is 66.1 Å². The third-order valence-electron chi connectivity index (χ3n) is 3.23. The summed E-state index contributed by atoms with van der Waals surface area (Å²) in [6.07, 6.45) is -4.13. The van der Waals surface area contributed by atoms with Crippen LogP contribution in [0.1, 0.15) is 34.6 Å². The first-order chi connectivity index (χ1) is 12.6. The van der Waals surface area contributed by atoms with Gasteiger partial charge in [-0.25, -0.2) is 0 Å². The van der Waals surface area contributed by atoms with Crippen molar-refractivity contribution in [1.29, 1.82) is 0 Å². The lowest BCUT2D eigenvalue weighted by atomic mass is 9.99. The van der Waals surface area contributed by atoms with Crippen LogP contribution in [0.5, 0.6) is 0 Å². The zero-order valence-electron chi connectivity index (χ0n) is 15.8. The van der Waals surface area contributed by atoms with Crippen LogP contribution in [0.2, 0.25) is 0 Å². The van der Waals surface area contributed by atoms with E-state index in [1.54, 1.807) is 0 Å². The molecule has 0 bridgehead atoms. The molecule has 154 valence electrons. The molecule has 0 spiro atoms. The quantitative estimate of drug-likeness (QED) is 0.320. The van der Waals surface area contributed by atoms with E-state index in [0.717, 1.165) is 5.75 Å². The molecule has 0 N–H and O–H groups in total. The van der Waals surface area contributed by atoms with Crippen LogP contribution < -0.4 is 0 Å². The van der Waals surface area contributed by atoms with Gasteiger partial charge in [-0.05, 0) is 0 Å². The molecule has 0 saturated carbocycles. The molecule has 1 fully saturated rings. The molecule has 1 heterocycles. The molecule has 1 rings (SSSR count). The second-order valence-electron chi connectivity index (χ2n) is 5.57. The van der Waals surface area contributed by atoms with E-state index in [1.165, 1.54) is 49.3 Å². The topological polar surface area (TPSA) is 114 Å². The fourth-order valence-corrected chi connectivity index (χ4v) is 4.45. The van der Waals surface area contributed by atoms with Crippen molar-refractivity contribution in [3.63, 3.8) is 0 Å². The molecule has 9 nitrogen and oxygen atoms in total. The molecule has 0 aromatic rings. The monoisotopic (exact) mass is 424 g/mol. The number of ether oxygens (including phenoxy) is 5. The summed E-state index contributed by atoms with van der Waals surface area (Å²) in [5.41, 5.74) is -0.726. The fourth-order valence-electron chi connectivity index (χ4n) is 2.40. The molecule has 0 aromatic heterocycles. The lowest BCUT2D eigenvalue weighted by molar-refractivity contribution is -0.237. The smallest absolute Gasteiger partial charge is 0.303 e. The maximum atomic E-state index is 11.6. The van der Waals surface area contributed by atoms with E-state index < -0.39 is 53.7 Å². The van der Waals surface area contributed by atoms with E-state index in [1.807, 2.05) is 6.92 Å². The minimum absolute atomic E-state index is 0.217. The third kappa shape index (κ3) is 7.97. The van der Waals surface area contributed by atoms with Crippen molar-refractivity contribution in [1.82, 2.24) is 0 Å². The highest BCUT2D eigenvalue weighted by Gasteiger charge is 2.52. The highest BCUT2D eigenvalue weighted by atomic mass is 33.1. The van der Waals surface area contributed by atoms with Crippen molar-refractivity contribution in [3.05, 3.63) is 0 Å². The number of carbonyl (C=O) groups excluding carboxylic acids is 4. The second-order valence-corrected chi connectivity index (χ2v) is 8.32. The van der Waals surface area contributed by atoms with E-state index in [0.29, 0.717) is 0 Å². The van der Waals surface area contributed by atoms with Crippen molar-refractivity contribution in [2.45, 2.75) is 64.5 Å². The van der Waals surface area contributed by atoms with E-state index in [4.69, 9.17) is 23.7 Å². The molecule has 27 heavy (non-hydrogen) atoms. The Morgan fingerprint density at radius 1 is 0.815 bits per heavy atom. The zero-order valence-corrected chi connectivity index (χ0v) is 17.4. The van der Waals surface area contributed by atoms with E-state index >= 15 is 0 Å². The lowest BCUT2D eigenvalue weighted by Crippen LogP contribution is -2.61. The minimum atomic E-state index is -1.11. The molecular formula is C16H24O9S2. The standard InChI is InChI=1S/C16H24O9S2/c1-6-26-27-16-15(24-11(5)20)14(23-10(4)19)13(22-9(3)18)12(25-16)7-21-8(2)17/h12-16H,6-7H2,1-5H3/t12-,13+,14+,15-,16+/m1/s1. The van der Waals surface area contributed by atoms with Crippen LogP contribution in [0, 0.1) is 0 Å². The average molecular weight is 424 g/mol. The van der Waals surface area contributed by atoms with E-state index in [9.17, 15) is 19.2 Å². The minimum Gasteiger partial charge on any atom is -0.463 e. The highest BCUT2D eigenvalue weighted by Crippen LogP contribution is 2.39. The van der Waals surface area contributed by atoms with Crippen molar-refractivity contribution in [2.75, 3.05) is 12.4 Å². The molecule has 0 amide bonds. The summed E-state index contributed by atoms with van der Waals surface area (Å²) in [5.74, 6) is -1.69. The summed E-state index contributed by atoms with van der Waals surface area (Å²) in [7, 11) is 2.73. The van der Waals surface area contributed by atoms with Crippen molar-refractivity contribution >= 4 is 45.5 Å². The normalized spacial score (nSPS) is 27.4. The number of hydrogen-bond donors (Lipinski definition) is 0. The van der Waals surface area contributed by atoms with Crippen LogP contribution in [0.4, 0.5) is 0 Å². The van der Waals surface area contributed by atoms with E-state index in [-0.39, 0.29) is 6.61 Å². The van der Waals surface area contributed by atoms with Gasteiger partial charge in [0.15, 0.2) is 23.7 Å². The Morgan fingerprint density at radius 2 is 1.33 bits per heavy atom. The summed E-state index contributed by atoms with van der Waals surface area (Å²) in [4.78, 5) is 46.0. The van der Waals surface area contributed by atoms with Gasteiger partial charge in [-0.15, -0.1) is 0 Å². The first-order valence-electron chi connectivity index (χ1n) is 8.24. The molecule has 0 unspecified atom stereocenters. The Morgan fingerprint density at radius 3 is 1.81 bits per heavy atom. The maximum Gasteiger partial charge on any atom is 0.303 e. The van der Waals surface area contributed by atoms with Gasteiger partial charge in [0.1, 0.15) is 12.7 Å². The number of carbonyl (C=O) groups is 4. The van der Waals surface area contributed by atoms with Crippen LogP contribution in [0.3, 0.4) is 0 Å². The van der Waals surface area contributed by atoms with Crippen LogP contribution in [0.15, 0.2) is 0 Å². The van der Waals surface area contributed by atoms with Crippen LogP contribution >= 0.6 is 21.6 Å². The Labute approximate surface area is 165 Å². The SMILES string of the molecule is CCSS[C@@H]1O[C@H](COC(C)=O)[C@H](OC(C)=O)[C@H](OC(C)=O)[C@H]1OC(C)=O. The first kappa shape index (κ1) is 23.6. The Hall–Kier alpha value is -1.46. The molecule has 1 aliphatic heterocycles. The van der Waals surface area contributed by atoms with Crippen molar-refractivity contribution in [3.8, 4) is 0 Å². The number of esters is 4. The summed E-state index contributed by atoms with van der Waals surface area (Å²) in [6.45, 7) is 6.53. The van der Waals surface area contributed by atoms with Gasteiger partial charge >= 0.3 is 23.9 Å². The fraction of sp³-hybridized carbons (Fsp3) is 0.750. The summed E-state index contributed by atoms with van der Waals surface area (Å²) in [5, 5.41) is 0. The van der Waals surface area contributed by atoms with Gasteiger partial charge < -0.3 is 23.7 Å². The molecule has 11 heteroatoms. The summed E-state index contributed by atoms with van der Waals surface area (Å²) >= 11 is 0. The molecule has 0 aliphatic carbocycles. The average Bonchev–Trinajstić information content (AvgIpc) is 2.54. The van der Waals surface area contributed by atoms with Crippen molar-refractivity contribution in [2.24, 2.45) is 0 Å². The predicted octanol–water partition coefficient (Wildman–Crippen LogP) is 1.47. The first-order valence-corrected chi connectivity index (χ1v) is 10.6.